The normalized spacial score (nSPS) is 12.2. The van der Waals surface area contributed by atoms with Gasteiger partial charge in [-0.1, -0.05) is 303 Å². The van der Waals surface area contributed by atoms with Crippen LogP contribution >= 0.6 is 11.3 Å². The fourth-order valence-corrected chi connectivity index (χ4v) is 22.8. The second-order valence-electron chi connectivity index (χ2n) is 34.7. The molecule has 0 unspecified atom stereocenters. The van der Waals surface area contributed by atoms with E-state index in [1.165, 1.54) is 90.9 Å². The third-order valence-corrected chi connectivity index (χ3v) is 28.8. The molecular formula is C120H70N12OS. The highest BCUT2D eigenvalue weighted by Crippen LogP contribution is 2.46. The van der Waals surface area contributed by atoms with Crippen LogP contribution in [0.25, 0.3) is 274 Å². The van der Waals surface area contributed by atoms with Gasteiger partial charge in [0.2, 0.25) is 17.3 Å². The van der Waals surface area contributed by atoms with Crippen LogP contribution < -0.4 is 0 Å². The van der Waals surface area contributed by atoms with E-state index in [1.54, 1.807) is 0 Å². The van der Waals surface area contributed by atoms with Crippen LogP contribution in [0, 0.1) is 0 Å². The number of hydrogen-bond donors (Lipinski definition) is 0. The predicted octanol–water partition coefficient (Wildman–Crippen LogP) is 31.1. The molecule has 622 valence electrons. The molecule has 0 aliphatic rings. The lowest BCUT2D eigenvalue weighted by Crippen LogP contribution is -1.99. The molecule has 0 aliphatic heterocycles. The highest BCUT2D eigenvalue weighted by atomic mass is 32.1. The molecule has 0 saturated carbocycles. The van der Waals surface area contributed by atoms with Gasteiger partial charge in [-0.3, -0.25) is 26.9 Å². The molecule has 0 fully saturated rings. The first-order valence-corrected chi connectivity index (χ1v) is 46.0. The van der Waals surface area contributed by atoms with Crippen molar-refractivity contribution in [1.82, 2.24) is 56.8 Å². The van der Waals surface area contributed by atoms with Crippen molar-refractivity contribution >= 4 is 234 Å². The number of rotatable bonds is 6. The second kappa shape index (κ2) is 28.8. The lowest BCUT2D eigenvalue weighted by atomic mass is 9.97. The van der Waals surface area contributed by atoms with Crippen molar-refractivity contribution in [2.45, 2.75) is 0 Å². The minimum Gasteiger partial charge on any atom is -0.455 e. The zero-order valence-electron chi connectivity index (χ0n) is 71.6. The summed E-state index contributed by atoms with van der Waals surface area (Å²) in [5.41, 5.74) is 24.3. The number of aromatic nitrogens is 12. The van der Waals surface area contributed by atoms with E-state index in [0.29, 0.717) is 0 Å². The number of thiophene rings is 1. The minimum absolute atomic E-state index is 0.831. The van der Waals surface area contributed by atoms with Gasteiger partial charge in [0.15, 0.2) is 0 Å². The smallest absolute Gasteiger partial charge is 0.221 e. The van der Waals surface area contributed by atoms with E-state index < -0.39 is 0 Å². The first-order chi connectivity index (χ1) is 66.5. The minimum atomic E-state index is 0.831. The zero-order valence-corrected chi connectivity index (χ0v) is 72.4. The number of benzene rings is 20. The maximum Gasteiger partial charge on any atom is 0.221 e. The monoisotopic (exact) mass is 1730 g/mol. The van der Waals surface area contributed by atoms with Crippen molar-refractivity contribution in [1.29, 1.82) is 0 Å². The topological polar surface area (TPSA) is 119 Å². The van der Waals surface area contributed by atoms with Crippen molar-refractivity contribution in [2.24, 2.45) is 0 Å². The van der Waals surface area contributed by atoms with Crippen molar-refractivity contribution in [3.8, 4) is 50.8 Å². The molecule has 20 aromatic carbocycles. The molecule has 0 N–H and O–H groups in total. The molecule has 14 heteroatoms. The summed E-state index contributed by atoms with van der Waals surface area (Å²) in [5, 5.41) is 22.8. The van der Waals surface area contributed by atoms with Crippen LogP contribution in [0.3, 0.4) is 0 Å². The maximum absolute atomic E-state index is 6.44. The van der Waals surface area contributed by atoms with Gasteiger partial charge in [-0.05, 0) is 198 Å². The molecule has 0 spiro atoms. The summed E-state index contributed by atoms with van der Waals surface area (Å²) >= 11 is 1.87. The van der Waals surface area contributed by atoms with Gasteiger partial charge in [0.25, 0.3) is 0 Å². The highest BCUT2D eigenvalue weighted by Gasteiger charge is 2.27. The summed E-state index contributed by atoms with van der Waals surface area (Å²) in [7, 11) is 0. The molecule has 0 saturated heterocycles. The molecule has 31 aromatic rings. The van der Waals surface area contributed by atoms with Crippen molar-refractivity contribution in [2.75, 3.05) is 0 Å². The van der Waals surface area contributed by atoms with E-state index >= 15 is 0 Å². The van der Waals surface area contributed by atoms with Crippen molar-refractivity contribution < 1.29 is 4.42 Å². The number of hydrogen-bond acceptors (Lipinski definition) is 8. The molecule has 11 aromatic heterocycles. The molecular weight excluding hydrogens is 1660 g/mol. The molecule has 31 rings (SSSR count). The van der Waals surface area contributed by atoms with Gasteiger partial charge in [0.1, 0.15) is 28.6 Å². The Labute approximate surface area is 765 Å². The average molecular weight is 1730 g/mol. The molecule has 0 radical (unpaired) electrons. The lowest BCUT2D eigenvalue weighted by Gasteiger charge is -2.12. The molecule has 0 bridgehead atoms. The fourth-order valence-electron chi connectivity index (χ4n) is 21.6. The summed E-state index contributed by atoms with van der Waals surface area (Å²) in [5.74, 6) is 5.09. The van der Waals surface area contributed by atoms with Crippen LogP contribution in [0.1, 0.15) is 0 Å². The van der Waals surface area contributed by atoms with Crippen LogP contribution in [0.4, 0.5) is 0 Å². The summed E-state index contributed by atoms with van der Waals surface area (Å²) in [6, 6.07) is 150. The molecule has 0 atom stereocenters. The van der Waals surface area contributed by atoms with E-state index in [9.17, 15) is 0 Å². The Kier molecular flexibility index (Phi) is 15.9. The Morgan fingerprint density at radius 2 is 0.515 bits per heavy atom. The van der Waals surface area contributed by atoms with Crippen molar-refractivity contribution in [3.63, 3.8) is 0 Å². The van der Waals surface area contributed by atoms with Gasteiger partial charge in [0, 0.05) is 68.8 Å². The Morgan fingerprint density at radius 1 is 0.194 bits per heavy atom. The molecule has 11 heterocycles. The SMILES string of the molecule is c1ccc(-c2ccc3c(c2)n2c4ccccc4nc2n3-c2ccc3c4ccccc4c4ccccc4c3n2)cc1.c1ccc2c(c1)nc1n(-c3ccc4c5ccccc5c5ccccc5c4n3)c3ccc(-c4cccc5c4oc4ccccc45)cc3n21.c1ccc2c(c1)nc1n(-c3ccc4c5ccccc5c5ccccc5c4n3)c3ccc(-c4cccc5c4sc4ccccc45)cc3n21. The highest BCUT2D eigenvalue weighted by molar-refractivity contribution is 7.26. The first kappa shape index (κ1) is 74.0. The summed E-state index contributed by atoms with van der Waals surface area (Å²) in [6.45, 7) is 0. The first-order valence-electron chi connectivity index (χ1n) is 45.2. The number of nitrogens with zero attached hydrogens (tertiary/aromatic N) is 12. The zero-order chi connectivity index (χ0) is 87.5. The van der Waals surface area contributed by atoms with Gasteiger partial charge >= 0.3 is 0 Å². The van der Waals surface area contributed by atoms with Gasteiger partial charge in [-0.2, -0.15) is 0 Å². The quantitative estimate of drug-likeness (QED) is 0.152. The van der Waals surface area contributed by atoms with Gasteiger partial charge < -0.3 is 4.42 Å². The standard InChI is InChI=1S/C42H24N4O.C42H24N4S.C36H22N4/c2*1-2-12-29-27(10-1)28-11-3-4-14-31(28)40-32(29)21-23-39(44-40)46-36-22-20-25(24-37(36)45-35-18-7-6-17-34(35)43-42(45)46)26-15-9-16-33-30-13-5-8-19-38(30)47-41(26)33;1-2-10-23(11-3-1)24-18-20-32-33(22-24)39-31-17-9-8-16-30(31)37-36(39)40(32)34-21-19-29-27-14-5-4-12-25(27)26-13-6-7-15-28(26)35(29)38-34/h2*1-24H;1-22H. The Morgan fingerprint density at radius 3 is 0.955 bits per heavy atom. The van der Waals surface area contributed by atoms with E-state index in [2.05, 4.69) is 427 Å². The summed E-state index contributed by atoms with van der Waals surface area (Å²) in [4.78, 5) is 31.7. The maximum atomic E-state index is 6.44. The summed E-state index contributed by atoms with van der Waals surface area (Å²) in [6.07, 6.45) is 0. The van der Waals surface area contributed by atoms with Crippen LogP contribution in [-0.2, 0) is 0 Å². The molecule has 13 nitrogen and oxygen atoms in total. The van der Waals surface area contributed by atoms with Gasteiger partial charge in [0.05, 0.1) is 82.8 Å². The molecule has 0 aliphatic carbocycles. The number of para-hydroxylation sites is 8. The Bertz CT molecular complexity index is 9960. The third kappa shape index (κ3) is 10.9. The number of pyridine rings is 3. The average Bonchev–Trinajstić information content (AvgIpc) is 1.57. The van der Waals surface area contributed by atoms with E-state index in [1.807, 2.05) is 35.6 Å². The number of imidazole rings is 6. The van der Waals surface area contributed by atoms with Crippen LogP contribution in [-0.4, -0.2) is 56.8 Å². The van der Waals surface area contributed by atoms with E-state index in [0.717, 1.165) is 183 Å². The summed E-state index contributed by atoms with van der Waals surface area (Å²) < 4.78 is 22.5. The Hall–Kier alpha value is -18.0. The van der Waals surface area contributed by atoms with Crippen LogP contribution in [0.2, 0.25) is 0 Å². The predicted molar refractivity (Wildman–Crippen MR) is 556 cm³/mol. The van der Waals surface area contributed by atoms with E-state index in [4.69, 9.17) is 34.3 Å². The van der Waals surface area contributed by atoms with Gasteiger partial charge in [-0.15, -0.1) is 11.3 Å². The van der Waals surface area contributed by atoms with Gasteiger partial charge in [-0.25, -0.2) is 29.9 Å². The molecule has 134 heavy (non-hydrogen) atoms. The Balaban J connectivity index is 0.0000000983. The second-order valence-corrected chi connectivity index (χ2v) is 35.8. The van der Waals surface area contributed by atoms with Crippen LogP contribution in [0.5, 0.6) is 0 Å². The largest absolute Gasteiger partial charge is 0.455 e. The van der Waals surface area contributed by atoms with Crippen molar-refractivity contribution in [3.05, 3.63) is 425 Å². The molecule has 0 amide bonds. The third-order valence-electron chi connectivity index (χ3n) is 27.5. The van der Waals surface area contributed by atoms with E-state index in [-0.39, 0.29) is 0 Å². The fraction of sp³-hybridized carbons (Fsp3) is 0. The lowest BCUT2D eigenvalue weighted by molar-refractivity contribution is 0.670. The van der Waals surface area contributed by atoms with Crippen LogP contribution in [0.15, 0.2) is 429 Å². The number of furan rings is 1. The number of fused-ring (bicyclic) bond motifs is 39.